The molecule has 63 heavy (non-hydrogen) atoms. The first kappa shape index (κ1) is 42.6. The molecule has 6 aromatic rings. The highest BCUT2D eigenvalue weighted by Gasteiger charge is 2.47. The molecule has 2 spiro atoms. The summed E-state index contributed by atoms with van der Waals surface area (Å²) >= 11 is 5.18. The van der Waals surface area contributed by atoms with Gasteiger partial charge in [-0.1, -0.05) is 38.1 Å². The summed E-state index contributed by atoms with van der Waals surface area (Å²) in [6, 6.07) is 27.4. The van der Waals surface area contributed by atoms with Gasteiger partial charge in [0.1, 0.15) is 34.2 Å². The molecule has 4 aromatic carbocycles. The number of benzene rings is 4. The summed E-state index contributed by atoms with van der Waals surface area (Å²) in [6.45, 7) is 6.78. The SMILES string of the molecule is COc1cc(C(=O)N2CCC3(CC2)Oc2ccccc2-c2c3cnn2C)ccc1Br.COc1cc(C(=O)N2CCC3(CC2)Oc2ccccc2-c2c3cnn2C)ccc1SC(C)C. The lowest BCUT2D eigenvalue weighted by Crippen LogP contribution is -2.49. The number of fused-ring (bicyclic) bond motifs is 8. The average molecular weight is 932 g/mol. The van der Waals surface area contributed by atoms with E-state index < -0.39 is 11.2 Å². The molecule has 2 amide bonds. The van der Waals surface area contributed by atoms with Gasteiger partial charge in [-0.3, -0.25) is 19.0 Å². The minimum atomic E-state index is -0.454. The Morgan fingerprint density at radius 2 is 1.11 bits per heavy atom. The van der Waals surface area contributed by atoms with Gasteiger partial charge in [0.15, 0.2) is 0 Å². The van der Waals surface area contributed by atoms with Crippen molar-refractivity contribution in [2.75, 3.05) is 40.4 Å². The zero-order chi connectivity index (χ0) is 44.0. The van der Waals surface area contributed by atoms with Crippen LogP contribution >= 0.6 is 27.7 Å². The molecule has 12 nitrogen and oxygen atoms in total. The minimum absolute atomic E-state index is 0.0123. The number of aromatic nitrogens is 4. The number of nitrogens with zero attached hydrogens (tertiary/aromatic N) is 6. The number of carbonyl (C=O) groups is 2. The third-order valence-electron chi connectivity index (χ3n) is 12.6. The van der Waals surface area contributed by atoms with Crippen molar-refractivity contribution in [1.82, 2.24) is 29.4 Å². The summed E-state index contributed by atoms with van der Waals surface area (Å²) in [4.78, 5) is 31.3. The second kappa shape index (κ2) is 17.1. The van der Waals surface area contributed by atoms with Crippen molar-refractivity contribution in [3.8, 4) is 45.5 Å². The zero-order valence-electron chi connectivity index (χ0n) is 36.4. The second-order valence-corrected chi connectivity index (χ2v) is 19.2. The zero-order valence-corrected chi connectivity index (χ0v) is 38.8. The molecule has 4 aliphatic heterocycles. The largest absolute Gasteiger partial charge is 0.496 e. The smallest absolute Gasteiger partial charge is 0.253 e. The first-order chi connectivity index (χ1) is 30.4. The predicted octanol–water partition coefficient (Wildman–Crippen LogP) is 9.50. The number of halogens is 1. The van der Waals surface area contributed by atoms with E-state index in [2.05, 4.69) is 52.1 Å². The molecular weight excluding hydrogens is 881 g/mol. The van der Waals surface area contributed by atoms with Gasteiger partial charge in [-0.15, -0.1) is 11.8 Å². The molecule has 0 atom stereocenters. The van der Waals surface area contributed by atoms with Gasteiger partial charge in [0.2, 0.25) is 0 Å². The molecule has 2 aromatic heterocycles. The van der Waals surface area contributed by atoms with E-state index in [-0.39, 0.29) is 11.8 Å². The minimum Gasteiger partial charge on any atom is -0.496 e. The number of carbonyl (C=O) groups excluding carboxylic acids is 2. The van der Waals surface area contributed by atoms with Gasteiger partial charge in [0.05, 0.1) is 42.5 Å². The van der Waals surface area contributed by atoms with Crippen LogP contribution in [-0.2, 0) is 25.3 Å². The Bertz CT molecular complexity index is 2700. The second-order valence-electron chi connectivity index (χ2n) is 16.7. The van der Waals surface area contributed by atoms with Crippen LogP contribution in [0.5, 0.6) is 23.0 Å². The van der Waals surface area contributed by atoms with E-state index in [1.807, 2.05) is 112 Å². The standard InChI is InChI=1S/C26H29N3O3S.C23H22BrN3O3/c1-17(2)33-23-10-9-18(15-22(23)31-4)25(30)29-13-11-26(12-14-29)20-16-27-28(3)24(20)19-7-5-6-8-21(19)32-26;1-26-21-16-5-3-4-6-19(16)30-23(17(21)14-25-26)9-11-27(12-10-23)22(28)15-7-8-18(24)20(13-15)29-2/h5-10,15-17H,11-14H2,1-4H3;3-8,13-14H,9-12H2,1-2H3. The van der Waals surface area contributed by atoms with E-state index >= 15 is 0 Å². The van der Waals surface area contributed by atoms with Crippen molar-refractivity contribution in [2.45, 2.75) is 60.9 Å². The Morgan fingerprint density at radius 3 is 1.57 bits per heavy atom. The van der Waals surface area contributed by atoms with Crippen LogP contribution in [0, 0.1) is 0 Å². The van der Waals surface area contributed by atoms with Gasteiger partial charge < -0.3 is 28.7 Å². The number of para-hydroxylation sites is 2. The number of ether oxygens (including phenoxy) is 4. The monoisotopic (exact) mass is 930 g/mol. The summed E-state index contributed by atoms with van der Waals surface area (Å²) in [5, 5.41) is 9.49. The van der Waals surface area contributed by atoms with Crippen molar-refractivity contribution in [3.05, 3.63) is 124 Å². The maximum atomic E-state index is 13.3. The first-order valence-corrected chi connectivity index (χ1v) is 23.0. The summed E-state index contributed by atoms with van der Waals surface area (Å²) in [5.41, 5.74) is 6.97. The van der Waals surface area contributed by atoms with Crippen molar-refractivity contribution in [2.24, 2.45) is 14.1 Å². The maximum absolute atomic E-state index is 13.3. The Morgan fingerprint density at radius 1 is 0.667 bits per heavy atom. The molecule has 0 bridgehead atoms. The van der Waals surface area contributed by atoms with Crippen LogP contribution < -0.4 is 18.9 Å². The predicted molar refractivity (Wildman–Crippen MR) is 247 cm³/mol. The molecule has 0 N–H and O–H groups in total. The number of amides is 2. The van der Waals surface area contributed by atoms with Gasteiger partial charge in [0, 0.05) is 109 Å². The number of hydrogen-bond donors (Lipinski definition) is 0. The molecule has 10 rings (SSSR count). The highest BCUT2D eigenvalue weighted by Crippen LogP contribution is 2.51. The highest BCUT2D eigenvalue weighted by atomic mass is 79.9. The van der Waals surface area contributed by atoms with E-state index in [4.69, 9.17) is 18.9 Å². The van der Waals surface area contributed by atoms with Crippen molar-refractivity contribution in [1.29, 1.82) is 0 Å². The van der Waals surface area contributed by atoms with Crippen LogP contribution in [0.2, 0.25) is 0 Å². The number of methoxy groups -OCH3 is 2. The van der Waals surface area contributed by atoms with Crippen LogP contribution in [0.15, 0.2) is 107 Å². The number of likely N-dealkylation sites (tertiary alicyclic amines) is 2. The average Bonchev–Trinajstić information content (AvgIpc) is 3.90. The quantitative estimate of drug-likeness (QED) is 0.151. The normalized spacial score (nSPS) is 16.4. The van der Waals surface area contributed by atoms with Crippen LogP contribution in [0.3, 0.4) is 0 Å². The number of rotatable bonds is 6. The Balaban J connectivity index is 0.000000161. The Hall–Kier alpha value is -5.73. The maximum Gasteiger partial charge on any atom is 0.253 e. The topological polar surface area (TPSA) is 113 Å². The molecule has 2 fully saturated rings. The summed E-state index contributed by atoms with van der Waals surface area (Å²) in [5.74, 6) is 3.22. The van der Waals surface area contributed by atoms with E-state index in [1.54, 1.807) is 32.0 Å². The number of hydrogen-bond acceptors (Lipinski definition) is 9. The molecule has 4 aliphatic rings. The molecule has 0 saturated carbocycles. The van der Waals surface area contributed by atoms with Gasteiger partial charge in [-0.2, -0.15) is 10.2 Å². The summed E-state index contributed by atoms with van der Waals surface area (Å²) in [7, 11) is 7.20. The van der Waals surface area contributed by atoms with Gasteiger partial charge in [-0.05, 0) is 76.6 Å². The van der Waals surface area contributed by atoms with Crippen molar-refractivity contribution in [3.63, 3.8) is 0 Å². The molecule has 6 heterocycles. The van der Waals surface area contributed by atoms with E-state index in [0.717, 1.165) is 85.9 Å². The van der Waals surface area contributed by atoms with Crippen LogP contribution in [0.4, 0.5) is 0 Å². The van der Waals surface area contributed by atoms with Gasteiger partial charge >= 0.3 is 0 Å². The van der Waals surface area contributed by atoms with Crippen LogP contribution in [0.25, 0.3) is 22.5 Å². The molecule has 0 aliphatic carbocycles. The Kier molecular flexibility index (Phi) is 11.6. The third-order valence-corrected chi connectivity index (χ3v) is 14.4. The fraction of sp³-hybridized carbons (Fsp3) is 0.347. The van der Waals surface area contributed by atoms with Crippen molar-refractivity contribution < 1.29 is 28.5 Å². The number of thioether (sulfide) groups is 1. The van der Waals surface area contributed by atoms with Crippen molar-refractivity contribution >= 4 is 39.5 Å². The molecule has 2 saturated heterocycles. The summed E-state index contributed by atoms with van der Waals surface area (Å²) < 4.78 is 28.8. The lowest BCUT2D eigenvalue weighted by Gasteiger charge is -2.44. The third kappa shape index (κ3) is 7.75. The highest BCUT2D eigenvalue weighted by molar-refractivity contribution is 9.10. The van der Waals surface area contributed by atoms with E-state index in [0.29, 0.717) is 48.3 Å². The molecule has 0 unspecified atom stereocenters. The number of piperidine rings is 2. The van der Waals surface area contributed by atoms with Crippen LogP contribution in [-0.4, -0.2) is 86.8 Å². The van der Waals surface area contributed by atoms with Gasteiger partial charge in [0.25, 0.3) is 11.8 Å². The molecular formula is C49H51BrN6O6S. The molecule has 14 heteroatoms. The lowest BCUT2D eigenvalue weighted by atomic mass is 9.81. The van der Waals surface area contributed by atoms with E-state index in [9.17, 15) is 9.59 Å². The van der Waals surface area contributed by atoms with Crippen LogP contribution in [0.1, 0.15) is 71.4 Å². The van der Waals surface area contributed by atoms with Gasteiger partial charge in [-0.25, -0.2) is 0 Å². The Labute approximate surface area is 380 Å². The number of aryl methyl sites for hydroxylation is 2. The fourth-order valence-electron chi connectivity index (χ4n) is 9.41. The molecule has 0 radical (unpaired) electrons. The first-order valence-electron chi connectivity index (χ1n) is 21.3. The molecule has 326 valence electrons. The lowest BCUT2D eigenvalue weighted by molar-refractivity contribution is -0.00227. The summed E-state index contributed by atoms with van der Waals surface area (Å²) in [6.07, 6.45) is 6.74. The van der Waals surface area contributed by atoms with E-state index in [1.165, 1.54) is 0 Å². The fourth-order valence-corrected chi connectivity index (χ4v) is 10.7.